The smallest absolute Gasteiger partial charge is 0.321 e. The van der Waals surface area contributed by atoms with Crippen LogP contribution in [-0.4, -0.2) is 29.9 Å². The zero-order chi connectivity index (χ0) is 20.9. The molecule has 0 bridgehead atoms. The van der Waals surface area contributed by atoms with Crippen LogP contribution in [0, 0.1) is 5.92 Å². The topological polar surface area (TPSA) is 61.4 Å². The number of urea groups is 1. The van der Waals surface area contributed by atoms with Gasteiger partial charge in [-0.25, -0.2) is 4.79 Å². The summed E-state index contributed by atoms with van der Waals surface area (Å²) >= 11 is 0. The van der Waals surface area contributed by atoms with Crippen molar-refractivity contribution in [2.75, 3.05) is 18.4 Å². The highest BCUT2D eigenvalue weighted by atomic mass is 16.2. The highest BCUT2D eigenvalue weighted by Gasteiger charge is 2.29. The molecule has 5 nitrogen and oxygen atoms in total. The quantitative estimate of drug-likeness (QED) is 0.775. The summed E-state index contributed by atoms with van der Waals surface area (Å²) in [7, 11) is 0. The van der Waals surface area contributed by atoms with Crippen LogP contribution in [0.4, 0.5) is 10.5 Å². The molecule has 1 heterocycles. The van der Waals surface area contributed by atoms with Gasteiger partial charge in [-0.3, -0.25) is 4.79 Å². The van der Waals surface area contributed by atoms with Gasteiger partial charge in [-0.15, -0.1) is 0 Å². The van der Waals surface area contributed by atoms with Gasteiger partial charge in [0.05, 0.1) is 12.0 Å². The van der Waals surface area contributed by atoms with Crippen LogP contribution in [0.5, 0.6) is 0 Å². The molecule has 4 rings (SSSR count). The van der Waals surface area contributed by atoms with Crippen LogP contribution < -0.4 is 10.6 Å². The summed E-state index contributed by atoms with van der Waals surface area (Å²) in [6.45, 7) is 3.19. The molecular weight excluding hydrogens is 374 g/mol. The number of nitrogens with one attached hydrogen (secondary N) is 2. The minimum Gasteiger partial charge on any atom is -0.349 e. The van der Waals surface area contributed by atoms with Crippen molar-refractivity contribution in [3.05, 3.63) is 65.2 Å². The molecule has 2 aromatic rings. The Kier molecular flexibility index (Phi) is 6.36. The van der Waals surface area contributed by atoms with Crippen LogP contribution in [0.1, 0.15) is 55.3 Å². The Balaban J connectivity index is 1.34. The molecule has 0 aromatic heterocycles. The first kappa shape index (κ1) is 20.5. The van der Waals surface area contributed by atoms with E-state index in [9.17, 15) is 9.59 Å². The predicted molar refractivity (Wildman–Crippen MR) is 119 cm³/mol. The van der Waals surface area contributed by atoms with Gasteiger partial charge in [-0.2, -0.15) is 0 Å². The maximum atomic E-state index is 12.9. The van der Waals surface area contributed by atoms with Crippen LogP contribution in [0.15, 0.2) is 48.5 Å². The standard InChI is InChI=1S/C25H31N3O2/c1-18(20-14-13-19-8-5-6-9-21(19)16-20)26-24(29)22-10-7-15-28(17-22)25(30)27-23-11-3-2-4-12-23/h2-4,11-14,16,18,22H,5-10,15,17H2,1H3,(H,26,29)(H,27,30)/t18-,22+/m1/s1. The van der Waals surface area contributed by atoms with E-state index in [2.05, 4.69) is 28.8 Å². The van der Waals surface area contributed by atoms with Gasteiger partial charge in [-0.05, 0) is 74.3 Å². The first-order valence-corrected chi connectivity index (χ1v) is 11.1. The van der Waals surface area contributed by atoms with Crippen molar-refractivity contribution in [3.8, 4) is 0 Å². The maximum Gasteiger partial charge on any atom is 0.321 e. The number of hydrogen-bond donors (Lipinski definition) is 2. The number of benzene rings is 2. The van der Waals surface area contributed by atoms with Gasteiger partial charge in [0.2, 0.25) is 5.91 Å². The summed E-state index contributed by atoms with van der Waals surface area (Å²) in [6, 6.07) is 15.9. The molecule has 30 heavy (non-hydrogen) atoms. The van der Waals surface area contributed by atoms with Gasteiger partial charge in [0.15, 0.2) is 0 Å². The number of hydrogen-bond acceptors (Lipinski definition) is 2. The second kappa shape index (κ2) is 9.33. The van der Waals surface area contributed by atoms with E-state index in [0.29, 0.717) is 13.1 Å². The van der Waals surface area contributed by atoms with Crippen molar-refractivity contribution in [3.63, 3.8) is 0 Å². The van der Waals surface area contributed by atoms with Crippen molar-refractivity contribution < 1.29 is 9.59 Å². The molecule has 5 heteroatoms. The predicted octanol–water partition coefficient (Wildman–Crippen LogP) is 4.69. The molecule has 2 N–H and O–H groups in total. The molecule has 2 aliphatic rings. The van der Waals surface area contributed by atoms with Gasteiger partial charge in [0.25, 0.3) is 0 Å². The van der Waals surface area contributed by atoms with Crippen molar-refractivity contribution in [2.24, 2.45) is 5.92 Å². The van der Waals surface area contributed by atoms with Crippen molar-refractivity contribution >= 4 is 17.6 Å². The lowest BCUT2D eigenvalue weighted by Gasteiger charge is -2.32. The number of carbonyl (C=O) groups excluding carboxylic acids is 2. The Bertz CT molecular complexity index is 897. The zero-order valence-electron chi connectivity index (χ0n) is 17.7. The minimum absolute atomic E-state index is 0.0294. The Labute approximate surface area is 178 Å². The summed E-state index contributed by atoms with van der Waals surface area (Å²) < 4.78 is 0. The van der Waals surface area contributed by atoms with E-state index in [-0.39, 0.29) is 23.9 Å². The van der Waals surface area contributed by atoms with E-state index in [1.165, 1.54) is 36.0 Å². The van der Waals surface area contributed by atoms with Crippen LogP contribution >= 0.6 is 0 Å². The fraction of sp³-hybridized carbons (Fsp3) is 0.440. The number of fused-ring (bicyclic) bond motifs is 1. The summed E-state index contributed by atoms with van der Waals surface area (Å²) in [6.07, 6.45) is 6.48. The number of anilines is 1. The van der Waals surface area contributed by atoms with Gasteiger partial charge in [0, 0.05) is 18.8 Å². The van der Waals surface area contributed by atoms with E-state index >= 15 is 0 Å². The molecule has 2 aromatic carbocycles. The van der Waals surface area contributed by atoms with E-state index in [1.807, 2.05) is 37.3 Å². The normalized spacial score (nSPS) is 19.5. The Morgan fingerprint density at radius 3 is 2.57 bits per heavy atom. The van der Waals surface area contributed by atoms with E-state index in [0.717, 1.165) is 24.9 Å². The zero-order valence-corrected chi connectivity index (χ0v) is 17.7. The largest absolute Gasteiger partial charge is 0.349 e. The minimum atomic E-state index is -0.166. The summed E-state index contributed by atoms with van der Waals surface area (Å²) in [5.74, 6) is -0.127. The van der Waals surface area contributed by atoms with E-state index in [4.69, 9.17) is 0 Å². The number of nitrogens with zero attached hydrogens (tertiary/aromatic N) is 1. The molecule has 3 amide bonds. The summed E-state index contributed by atoms with van der Waals surface area (Å²) in [5, 5.41) is 6.11. The number of likely N-dealkylation sites (tertiary alicyclic amines) is 1. The van der Waals surface area contributed by atoms with Gasteiger partial charge in [0.1, 0.15) is 0 Å². The summed E-state index contributed by atoms with van der Waals surface area (Å²) in [5.41, 5.74) is 4.82. The molecule has 2 atom stereocenters. The first-order valence-electron chi connectivity index (χ1n) is 11.1. The molecule has 1 fully saturated rings. The van der Waals surface area contributed by atoms with Gasteiger partial charge >= 0.3 is 6.03 Å². The van der Waals surface area contributed by atoms with Crippen molar-refractivity contribution in [1.29, 1.82) is 0 Å². The maximum absolute atomic E-state index is 12.9. The number of piperidine rings is 1. The molecule has 0 unspecified atom stereocenters. The SMILES string of the molecule is C[C@@H](NC(=O)[C@H]1CCCN(C(=O)Nc2ccccc2)C1)c1ccc2c(c1)CCCC2. The summed E-state index contributed by atoms with van der Waals surface area (Å²) in [4.78, 5) is 27.3. The third-order valence-corrected chi connectivity index (χ3v) is 6.34. The highest BCUT2D eigenvalue weighted by molar-refractivity contribution is 5.90. The second-order valence-electron chi connectivity index (χ2n) is 8.55. The number of amides is 3. The van der Waals surface area contributed by atoms with Crippen molar-refractivity contribution in [1.82, 2.24) is 10.2 Å². The molecule has 1 saturated heterocycles. The highest BCUT2D eigenvalue weighted by Crippen LogP contribution is 2.25. The van der Waals surface area contributed by atoms with Crippen LogP contribution in [-0.2, 0) is 17.6 Å². The van der Waals surface area contributed by atoms with E-state index in [1.54, 1.807) is 4.90 Å². The van der Waals surface area contributed by atoms with Crippen LogP contribution in [0.3, 0.4) is 0 Å². The number of para-hydroxylation sites is 1. The lowest BCUT2D eigenvalue weighted by Crippen LogP contribution is -2.47. The fourth-order valence-electron chi connectivity index (χ4n) is 4.54. The van der Waals surface area contributed by atoms with Crippen LogP contribution in [0.25, 0.3) is 0 Å². The molecule has 0 radical (unpaired) electrons. The number of rotatable bonds is 4. The Morgan fingerprint density at radius 1 is 1.00 bits per heavy atom. The number of carbonyl (C=O) groups is 2. The Morgan fingerprint density at radius 2 is 1.77 bits per heavy atom. The molecule has 158 valence electrons. The molecule has 1 aliphatic heterocycles. The Hall–Kier alpha value is -2.82. The number of aryl methyl sites for hydroxylation is 2. The average Bonchev–Trinajstić information content (AvgIpc) is 2.79. The molecule has 0 spiro atoms. The molecule has 1 aliphatic carbocycles. The van der Waals surface area contributed by atoms with E-state index < -0.39 is 0 Å². The van der Waals surface area contributed by atoms with Crippen LogP contribution in [0.2, 0.25) is 0 Å². The second-order valence-corrected chi connectivity index (χ2v) is 8.55. The third-order valence-electron chi connectivity index (χ3n) is 6.34. The monoisotopic (exact) mass is 405 g/mol. The van der Waals surface area contributed by atoms with Gasteiger partial charge in [-0.1, -0.05) is 36.4 Å². The van der Waals surface area contributed by atoms with Crippen molar-refractivity contribution in [2.45, 2.75) is 51.5 Å². The molecular formula is C25H31N3O2. The lowest BCUT2D eigenvalue weighted by molar-refractivity contribution is -0.126. The third kappa shape index (κ3) is 4.84. The van der Waals surface area contributed by atoms with Gasteiger partial charge < -0.3 is 15.5 Å². The molecule has 0 saturated carbocycles. The average molecular weight is 406 g/mol. The lowest BCUT2D eigenvalue weighted by atomic mass is 9.89. The fourth-order valence-corrected chi connectivity index (χ4v) is 4.54. The first-order chi connectivity index (χ1) is 14.6.